The van der Waals surface area contributed by atoms with Gasteiger partial charge < -0.3 is 10.5 Å². The van der Waals surface area contributed by atoms with Gasteiger partial charge in [0.1, 0.15) is 11.3 Å². The first kappa shape index (κ1) is 19.4. The number of hydrogen-bond donors (Lipinski definition) is 1. The average molecular weight is 373 g/mol. The summed E-state index contributed by atoms with van der Waals surface area (Å²) in [5.41, 5.74) is 9.77. The molecule has 5 nitrogen and oxygen atoms in total. The summed E-state index contributed by atoms with van der Waals surface area (Å²) >= 11 is 0. The lowest BCUT2D eigenvalue weighted by molar-refractivity contribution is 0.0741. The van der Waals surface area contributed by atoms with E-state index in [9.17, 15) is 4.79 Å². The van der Waals surface area contributed by atoms with E-state index in [0.717, 1.165) is 22.3 Å². The topological polar surface area (TPSA) is 70.1 Å². The van der Waals surface area contributed by atoms with Gasteiger partial charge in [0.2, 0.25) is 0 Å². The number of methoxy groups -OCH3 is 1. The Balaban J connectivity index is 2.02. The van der Waals surface area contributed by atoms with Crippen molar-refractivity contribution in [1.82, 2.24) is 9.78 Å². The number of nitrogens with two attached hydrogens (primary N) is 1. The summed E-state index contributed by atoms with van der Waals surface area (Å²) in [6.07, 6.45) is 1.64. The first-order chi connectivity index (χ1) is 13.3. The molecule has 0 saturated heterocycles. The third kappa shape index (κ3) is 4.13. The van der Waals surface area contributed by atoms with E-state index in [1.54, 1.807) is 25.0 Å². The average Bonchev–Trinajstić information content (AvgIpc) is 3.09. The van der Waals surface area contributed by atoms with Gasteiger partial charge in [0, 0.05) is 31.5 Å². The smallest absolute Gasteiger partial charge is 0.252 e. The molecule has 0 aliphatic heterocycles. The molecule has 3 aromatic rings. The molecule has 0 fully saturated rings. The first-order valence-electron chi connectivity index (χ1n) is 8.92. The predicted molar refractivity (Wildman–Crippen MR) is 111 cm³/mol. The maximum Gasteiger partial charge on any atom is 0.252 e. The van der Waals surface area contributed by atoms with Gasteiger partial charge in [0.25, 0.3) is 5.91 Å². The van der Waals surface area contributed by atoms with E-state index in [0.29, 0.717) is 11.3 Å². The second kappa shape index (κ2) is 7.71. The van der Waals surface area contributed by atoms with Crippen LogP contribution < -0.4 is 5.73 Å². The number of aryl methyl sites for hydroxylation is 1. The number of carbonyl (C=O) groups is 1. The van der Waals surface area contributed by atoms with Crippen molar-refractivity contribution in [2.75, 3.05) is 7.11 Å². The van der Waals surface area contributed by atoms with Crippen LogP contribution in [-0.2, 0) is 11.8 Å². The van der Waals surface area contributed by atoms with E-state index < -0.39 is 11.5 Å². The highest BCUT2D eigenvalue weighted by atomic mass is 16.5. The minimum atomic E-state index is -0.496. The summed E-state index contributed by atoms with van der Waals surface area (Å²) in [7, 11) is 3.42. The molecule has 0 bridgehead atoms. The standard InChI is InChI=1S/C23H23N3O2/c1-23(2,28-4)14-13-16-9-11-17(12-10-16)18-7-5-6-8-19(18)21-20(22(24)27)15-26(3)25-21/h5-12,15H,1-4H3,(H2,24,27). The first-order valence-corrected chi connectivity index (χ1v) is 8.92. The highest BCUT2D eigenvalue weighted by Crippen LogP contribution is 2.33. The van der Waals surface area contributed by atoms with Crippen LogP contribution in [0, 0.1) is 11.8 Å². The number of hydrogen-bond acceptors (Lipinski definition) is 3. The van der Waals surface area contributed by atoms with E-state index in [2.05, 4.69) is 16.9 Å². The molecule has 2 N–H and O–H groups in total. The van der Waals surface area contributed by atoms with E-state index >= 15 is 0 Å². The van der Waals surface area contributed by atoms with E-state index in [4.69, 9.17) is 10.5 Å². The largest absolute Gasteiger partial charge is 0.366 e. The Morgan fingerprint density at radius 3 is 2.36 bits per heavy atom. The summed E-state index contributed by atoms with van der Waals surface area (Å²) in [6.45, 7) is 3.85. The Hall–Kier alpha value is -3.36. The molecular weight excluding hydrogens is 350 g/mol. The van der Waals surface area contributed by atoms with Gasteiger partial charge >= 0.3 is 0 Å². The highest BCUT2D eigenvalue weighted by Gasteiger charge is 2.18. The number of amides is 1. The summed E-state index contributed by atoms with van der Waals surface area (Å²) in [5.74, 6) is 5.75. The molecule has 1 aromatic heterocycles. The number of ether oxygens (including phenoxy) is 1. The number of primary amides is 1. The second-order valence-corrected chi connectivity index (χ2v) is 7.02. The van der Waals surface area contributed by atoms with Crippen molar-refractivity contribution < 1.29 is 9.53 Å². The molecule has 1 heterocycles. The minimum Gasteiger partial charge on any atom is -0.366 e. The van der Waals surface area contributed by atoms with Crippen molar-refractivity contribution >= 4 is 5.91 Å². The van der Waals surface area contributed by atoms with Crippen LogP contribution in [0.1, 0.15) is 29.8 Å². The molecule has 1 amide bonds. The Kier molecular flexibility index (Phi) is 5.34. The molecule has 142 valence electrons. The number of benzene rings is 2. The van der Waals surface area contributed by atoms with Crippen LogP contribution in [0.4, 0.5) is 0 Å². The molecule has 3 rings (SSSR count). The monoisotopic (exact) mass is 373 g/mol. The summed E-state index contributed by atoms with van der Waals surface area (Å²) in [4.78, 5) is 11.8. The lowest BCUT2D eigenvalue weighted by Crippen LogP contribution is -2.19. The van der Waals surface area contributed by atoms with E-state index in [1.165, 1.54) is 0 Å². The maximum absolute atomic E-state index is 11.8. The molecule has 0 radical (unpaired) electrons. The van der Waals surface area contributed by atoms with Gasteiger partial charge in [0.15, 0.2) is 0 Å². The molecule has 5 heteroatoms. The molecule has 0 aliphatic carbocycles. The Bertz CT molecular complexity index is 1070. The van der Waals surface area contributed by atoms with Crippen LogP contribution in [0.15, 0.2) is 54.7 Å². The van der Waals surface area contributed by atoms with Crippen molar-refractivity contribution in [3.05, 3.63) is 65.9 Å². The van der Waals surface area contributed by atoms with Gasteiger partial charge in [0.05, 0.1) is 5.56 Å². The fourth-order valence-corrected chi connectivity index (χ4v) is 2.82. The third-order valence-corrected chi connectivity index (χ3v) is 4.49. The second-order valence-electron chi connectivity index (χ2n) is 7.02. The molecule has 0 unspecified atom stereocenters. The van der Waals surface area contributed by atoms with Gasteiger partial charge in [-0.2, -0.15) is 5.10 Å². The van der Waals surface area contributed by atoms with Crippen LogP contribution in [0.5, 0.6) is 0 Å². The molecule has 28 heavy (non-hydrogen) atoms. The molecule has 0 atom stereocenters. The fraction of sp³-hybridized carbons (Fsp3) is 0.217. The van der Waals surface area contributed by atoms with Crippen LogP contribution >= 0.6 is 0 Å². The quantitative estimate of drug-likeness (QED) is 0.710. The molecule has 0 aliphatic rings. The molecule has 0 saturated carbocycles. The zero-order valence-corrected chi connectivity index (χ0v) is 16.5. The van der Waals surface area contributed by atoms with E-state index in [-0.39, 0.29) is 0 Å². The lowest BCUT2D eigenvalue weighted by Gasteiger charge is -2.14. The van der Waals surface area contributed by atoms with Crippen LogP contribution in [0.25, 0.3) is 22.4 Å². The van der Waals surface area contributed by atoms with Crippen LogP contribution in [0.3, 0.4) is 0 Å². The summed E-state index contributed by atoms with van der Waals surface area (Å²) < 4.78 is 6.93. The maximum atomic E-state index is 11.8. The minimum absolute atomic E-state index is 0.402. The SMILES string of the molecule is COC(C)(C)C#Cc1ccc(-c2ccccc2-c2nn(C)cc2C(N)=O)cc1. The van der Waals surface area contributed by atoms with Crippen molar-refractivity contribution in [3.63, 3.8) is 0 Å². The number of rotatable bonds is 4. The van der Waals surface area contributed by atoms with Gasteiger partial charge in [-0.15, -0.1) is 0 Å². The van der Waals surface area contributed by atoms with Crippen molar-refractivity contribution in [1.29, 1.82) is 0 Å². The van der Waals surface area contributed by atoms with Crippen molar-refractivity contribution in [2.45, 2.75) is 19.4 Å². The zero-order valence-electron chi connectivity index (χ0n) is 16.5. The van der Waals surface area contributed by atoms with Gasteiger partial charge in [-0.1, -0.05) is 48.2 Å². The third-order valence-electron chi connectivity index (χ3n) is 4.49. The summed E-state index contributed by atoms with van der Waals surface area (Å²) in [6, 6.07) is 15.8. The Labute approximate surface area is 165 Å². The number of nitrogens with zero attached hydrogens (tertiary/aromatic N) is 2. The normalized spacial score (nSPS) is 11.0. The van der Waals surface area contributed by atoms with Crippen molar-refractivity contribution in [2.24, 2.45) is 12.8 Å². The fourth-order valence-electron chi connectivity index (χ4n) is 2.82. The van der Waals surface area contributed by atoms with Crippen LogP contribution in [0.2, 0.25) is 0 Å². The Morgan fingerprint density at radius 1 is 1.11 bits per heavy atom. The van der Waals surface area contributed by atoms with E-state index in [1.807, 2.05) is 62.4 Å². The molecule has 2 aromatic carbocycles. The summed E-state index contributed by atoms with van der Waals surface area (Å²) in [5, 5.41) is 4.45. The predicted octanol–water partition coefficient (Wildman–Crippen LogP) is 3.63. The lowest BCUT2D eigenvalue weighted by atomic mass is 9.95. The number of aromatic nitrogens is 2. The Morgan fingerprint density at radius 2 is 1.75 bits per heavy atom. The highest BCUT2D eigenvalue weighted by molar-refractivity contribution is 6.00. The number of carbonyl (C=O) groups excluding carboxylic acids is 1. The van der Waals surface area contributed by atoms with Gasteiger partial charge in [-0.05, 0) is 37.1 Å². The zero-order chi connectivity index (χ0) is 20.3. The molecule has 0 spiro atoms. The van der Waals surface area contributed by atoms with Crippen molar-refractivity contribution in [3.8, 4) is 34.2 Å². The molecular formula is C23H23N3O2. The van der Waals surface area contributed by atoms with Crippen LogP contribution in [-0.4, -0.2) is 28.4 Å². The van der Waals surface area contributed by atoms with Gasteiger partial charge in [-0.3, -0.25) is 9.48 Å². The van der Waals surface area contributed by atoms with Gasteiger partial charge in [-0.25, -0.2) is 0 Å².